The zero-order chi connectivity index (χ0) is 13.4. The Morgan fingerprint density at radius 1 is 1.37 bits per heavy atom. The quantitative estimate of drug-likeness (QED) is 0.854. The van der Waals surface area contributed by atoms with Gasteiger partial charge in [0.05, 0.1) is 4.88 Å². The van der Waals surface area contributed by atoms with Crippen LogP contribution in [-0.4, -0.2) is 12.5 Å². The fourth-order valence-corrected chi connectivity index (χ4v) is 3.38. The first-order valence-corrected chi connectivity index (χ1v) is 7.30. The second kappa shape index (κ2) is 4.70. The van der Waals surface area contributed by atoms with Crippen LogP contribution in [0.25, 0.3) is 0 Å². The highest BCUT2D eigenvalue weighted by atomic mass is 32.1. The minimum atomic E-state index is 0.0917. The van der Waals surface area contributed by atoms with Gasteiger partial charge in [-0.1, -0.05) is 13.0 Å². The molecule has 1 aromatic heterocycles. The van der Waals surface area contributed by atoms with Crippen LogP contribution >= 0.6 is 11.3 Å². The first-order chi connectivity index (χ1) is 9.20. The van der Waals surface area contributed by atoms with Gasteiger partial charge in [-0.2, -0.15) is 0 Å². The van der Waals surface area contributed by atoms with Crippen LogP contribution in [0.15, 0.2) is 30.3 Å². The number of fused-ring (bicyclic) bond motifs is 1. The SMILES string of the molecule is CCc1ccc(C(=O)N2CCc3c(N)cccc32)s1. The number of nitrogens with zero attached hydrogens (tertiary/aromatic N) is 1. The number of benzene rings is 1. The normalized spacial score (nSPS) is 13.6. The monoisotopic (exact) mass is 272 g/mol. The van der Waals surface area contributed by atoms with E-state index in [1.165, 1.54) is 4.88 Å². The summed E-state index contributed by atoms with van der Waals surface area (Å²) in [6.07, 6.45) is 1.82. The summed E-state index contributed by atoms with van der Waals surface area (Å²) >= 11 is 1.58. The molecule has 0 saturated carbocycles. The lowest BCUT2D eigenvalue weighted by Gasteiger charge is -2.16. The van der Waals surface area contributed by atoms with Crippen molar-refractivity contribution < 1.29 is 4.79 Å². The Bertz CT molecular complexity index is 633. The molecular formula is C15H16N2OS. The summed E-state index contributed by atoms with van der Waals surface area (Å²) in [5, 5.41) is 0. The van der Waals surface area contributed by atoms with E-state index in [0.29, 0.717) is 0 Å². The van der Waals surface area contributed by atoms with Gasteiger partial charge in [0.1, 0.15) is 0 Å². The summed E-state index contributed by atoms with van der Waals surface area (Å²) in [5.41, 5.74) is 8.82. The molecule has 0 spiro atoms. The molecule has 1 aromatic carbocycles. The number of hydrogen-bond acceptors (Lipinski definition) is 3. The maximum Gasteiger partial charge on any atom is 0.268 e. The van der Waals surface area contributed by atoms with Crippen LogP contribution in [0.2, 0.25) is 0 Å². The number of thiophene rings is 1. The number of nitrogens with two attached hydrogens (primary N) is 1. The summed E-state index contributed by atoms with van der Waals surface area (Å²) in [4.78, 5) is 16.4. The van der Waals surface area contributed by atoms with Crippen molar-refractivity contribution in [3.8, 4) is 0 Å². The molecule has 3 rings (SSSR count). The molecule has 0 bridgehead atoms. The number of carbonyl (C=O) groups excluding carboxylic acids is 1. The summed E-state index contributed by atoms with van der Waals surface area (Å²) in [6, 6.07) is 9.74. The molecule has 3 nitrogen and oxygen atoms in total. The molecule has 0 aliphatic carbocycles. The third-order valence-corrected chi connectivity index (χ3v) is 4.75. The van der Waals surface area contributed by atoms with Gasteiger partial charge in [0, 0.05) is 28.4 Å². The Balaban J connectivity index is 1.93. The topological polar surface area (TPSA) is 46.3 Å². The Kier molecular flexibility index (Phi) is 3.03. The van der Waals surface area contributed by atoms with Crippen LogP contribution in [0.5, 0.6) is 0 Å². The van der Waals surface area contributed by atoms with E-state index in [4.69, 9.17) is 5.73 Å². The number of carbonyl (C=O) groups is 1. The van der Waals surface area contributed by atoms with E-state index in [1.54, 1.807) is 11.3 Å². The van der Waals surface area contributed by atoms with E-state index in [-0.39, 0.29) is 5.91 Å². The fraction of sp³-hybridized carbons (Fsp3) is 0.267. The Morgan fingerprint density at radius 2 is 2.21 bits per heavy atom. The summed E-state index contributed by atoms with van der Waals surface area (Å²) < 4.78 is 0. The molecule has 4 heteroatoms. The minimum Gasteiger partial charge on any atom is -0.398 e. The van der Waals surface area contributed by atoms with Crippen molar-refractivity contribution in [3.63, 3.8) is 0 Å². The Labute approximate surface area is 116 Å². The zero-order valence-electron chi connectivity index (χ0n) is 10.8. The molecule has 0 unspecified atom stereocenters. The molecular weight excluding hydrogens is 256 g/mol. The van der Waals surface area contributed by atoms with Crippen LogP contribution in [0.3, 0.4) is 0 Å². The maximum absolute atomic E-state index is 12.5. The third-order valence-electron chi connectivity index (χ3n) is 3.53. The molecule has 1 aliphatic heterocycles. The van der Waals surface area contributed by atoms with E-state index in [9.17, 15) is 4.79 Å². The zero-order valence-corrected chi connectivity index (χ0v) is 11.7. The van der Waals surface area contributed by atoms with Crippen LogP contribution in [-0.2, 0) is 12.8 Å². The lowest BCUT2D eigenvalue weighted by Crippen LogP contribution is -2.28. The molecule has 1 aliphatic rings. The molecule has 0 saturated heterocycles. The molecule has 1 amide bonds. The highest BCUT2D eigenvalue weighted by Gasteiger charge is 2.27. The maximum atomic E-state index is 12.5. The van der Waals surface area contributed by atoms with Crippen LogP contribution in [0, 0.1) is 0 Å². The van der Waals surface area contributed by atoms with Crippen molar-refractivity contribution >= 4 is 28.6 Å². The third kappa shape index (κ3) is 2.02. The van der Waals surface area contributed by atoms with Crippen molar-refractivity contribution in [1.29, 1.82) is 0 Å². The molecule has 19 heavy (non-hydrogen) atoms. The van der Waals surface area contributed by atoms with Gasteiger partial charge in [0.25, 0.3) is 5.91 Å². The van der Waals surface area contributed by atoms with Crippen LogP contribution in [0.1, 0.15) is 27.0 Å². The lowest BCUT2D eigenvalue weighted by atomic mass is 10.1. The summed E-state index contributed by atoms with van der Waals surface area (Å²) in [6.45, 7) is 2.83. The van der Waals surface area contributed by atoms with Crippen molar-refractivity contribution in [3.05, 3.63) is 45.6 Å². The molecule has 2 N–H and O–H groups in total. The number of aryl methyl sites for hydroxylation is 1. The first-order valence-electron chi connectivity index (χ1n) is 6.48. The number of nitrogen functional groups attached to an aromatic ring is 1. The number of anilines is 2. The van der Waals surface area contributed by atoms with E-state index < -0.39 is 0 Å². The lowest BCUT2D eigenvalue weighted by molar-refractivity contribution is 0.0993. The molecule has 2 aromatic rings. The number of rotatable bonds is 2. The molecule has 0 fully saturated rings. The summed E-state index contributed by atoms with van der Waals surface area (Å²) in [5.74, 6) is 0.0917. The smallest absolute Gasteiger partial charge is 0.268 e. The molecule has 0 radical (unpaired) electrons. The molecule has 0 atom stereocenters. The second-order valence-corrected chi connectivity index (χ2v) is 5.84. The predicted octanol–water partition coefficient (Wildman–Crippen LogP) is 3.10. The van der Waals surface area contributed by atoms with E-state index in [0.717, 1.165) is 41.2 Å². The van der Waals surface area contributed by atoms with Gasteiger partial charge in [-0.15, -0.1) is 11.3 Å². The highest BCUT2D eigenvalue weighted by molar-refractivity contribution is 7.14. The van der Waals surface area contributed by atoms with Gasteiger partial charge in [-0.25, -0.2) is 0 Å². The molecule has 98 valence electrons. The van der Waals surface area contributed by atoms with E-state index in [1.807, 2.05) is 35.2 Å². The Morgan fingerprint density at radius 3 is 2.95 bits per heavy atom. The van der Waals surface area contributed by atoms with Crippen LogP contribution < -0.4 is 10.6 Å². The van der Waals surface area contributed by atoms with Crippen molar-refractivity contribution in [2.45, 2.75) is 19.8 Å². The first kappa shape index (κ1) is 12.2. The standard InChI is InChI=1S/C15H16N2OS/c1-2-10-6-7-14(19-10)15(18)17-9-8-11-12(16)4-3-5-13(11)17/h3-7H,2,8-9,16H2,1H3. The van der Waals surface area contributed by atoms with Gasteiger partial charge < -0.3 is 10.6 Å². The van der Waals surface area contributed by atoms with Crippen molar-refractivity contribution in [1.82, 2.24) is 0 Å². The van der Waals surface area contributed by atoms with E-state index >= 15 is 0 Å². The predicted molar refractivity (Wildman–Crippen MR) is 79.9 cm³/mol. The van der Waals surface area contributed by atoms with Gasteiger partial charge in [-0.05, 0) is 37.1 Å². The van der Waals surface area contributed by atoms with E-state index in [2.05, 4.69) is 6.92 Å². The largest absolute Gasteiger partial charge is 0.398 e. The van der Waals surface area contributed by atoms with Gasteiger partial charge in [0.15, 0.2) is 0 Å². The highest BCUT2D eigenvalue weighted by Crippen LogP contribution is 2.33. The second-order valence-electron chi connectivity index (χ2n) is 4.67. The average molecular weight is 272 g/mol. The number of hydrogen-bond donors (Lipinski definition) is 1. The Hall–Kier alpha value is -1.81. The van der Waals surface area contributed by atoms with Gasteiger partial charge >= 0.3 is 0 Å². The average Bonchev–Trinajstić information content (AvgIpc) is 3.05. The van der Waals surface area contributed by atoms with Crippen molar-refractivity contribution in [2.24, 2.45) is 0 Å². The van der Waals surface area contributed by atoms with Crippen molar-refractivity contribution in [2.75, 3.05) is 17.2 Å². The van der Waals surface area contributed by atoms with Gasteiger partial charge in [-0.3, -0.25) is 4.79 Å². The van der Waals surface area contributed by atoms with Gasteiger partial charge in [0.2, 0.25) is 0 Å². The summed E-state index contributed by atoms with van der Waals surface area (Å²) in [7, 11) is 0. The minimum absolute atomic E-state index is 0.0917. The molecule has 2 heterocycles. The van der Waals surface area contributed by atoms with Crippen LogP contribution in [0.4, 0.5) is 11.4 Å². The fourth-order valence-electron chi connectivity index (χ4n) is 2.49. The number of amides is 1.